The van der Waals surface area contributed by atoms with Crippen molar-refractivity contribution in [3.63, 3.8) is 0 Å². The van der Waals surface area contributed by atoms with Gasteiger partial charge >= 0.3 is 0 Å². The van der Waals surface area contributed by atoms with Gasteiger partial charge in [-0.05, 0) is 53.7 Å². The summed E-state index contributed by atoms with van der Waals surface area (Å²) in [6, 6.07) is 5.48. The van der Waals surface area contributed by atoms with E-state index in [-0.39, 0.29) is 5.56 Å². The zero-order valence-electron chi connectivity index (χ0n) is 11.4. The number of nitrogens with one attached hydrogen (secondary N) is 1. The molecule has 3 rings (SSSR count). The molecule has 0 unspecified atom stereocenters. The molecule has 5 heteroatoms. The van der Waals surface area contributed by atoms with Gasteiger partial charge in [0.25, 0.3) is 5.56 Å². The van der Waals surface area contributed by atoms with Crippen molar-refractivity contribution in [1.29, 1.82) is 0 Å². The quantitative estimate of drug-likeness (QED) is 0.900. The smallest absolute Gasteiger partial charge is 0.258 e. The largest absolute Gasteiger partial charge is 0.330 e. The molecule has 2 aromatic rings. The van der Waals surface area contributed by atoms with Crippen molar-refractivity contribution >= 4 is 21.6 Å². The number of quaternary nitrogens is 1. The molecule has 0 atom stereocenters. The van der Waals surface area contributed by atoms with Crippen LogP contribution in [0.25, 0.3) is 5.65 Å². The lowest BCUT2D eigenvalue weighted by Crippen LogP contribution is -3.10. The number of halogens is 1. The maximum atomic E-state index is 12.2. The van der Waals surface area contributed by atoms with Crippen molar-refractivity contribution in [3.05, 3.63) is 44.9 Å². The average Bonchev–Trinajstić information content (AvgIpc) is 2.68. The Morgan fingerprint density at radius 2 is 1.95 bits per heavy atom. The standard InChI is InChI=1S/C15H18BrN3O/c16-12-5-6-14-17-13(9-15(20)19(14)10-12)11-18-7-3-1-2-4-8-18/h5-6,9-10H,1-4,7-8,11H2/p+1. The minimum Gasteiger partial charge on any atom is -0.330 e. The number of hydrogen-bond donors (Lipinski definition) is 1. The number of hydrogen-bond acceptors (Lipinski definition) is 2. The summed E-state index contributed by atoms with van der Waals surface area (Å²) in [6.07, 6.45) is 7.02. The minimum atomic E-state index is 0.000483. The monoisotopic (exact) mass is 336 g/mol. The summed E-state index contributed by atoms with van der Waals surface area (Å²) >= 11 is 3.38. The third-order valence-corrected chi connectivity index (χ3v) is 4.39. The van der Waals surface area contributed by atoms with Gasteiger partial charge in [0.15, 0.2) is 0 Å². The topological polar surface area (TPSA) is 38.8 Å². The van der Waals surface area contributed by atoms with Gasteiger partial charge in [-0.25, -0.2) is 4.98 Å². The predicted octanol–water partition coefficient (Wildman–Crippen LogP) is 1.42. The molecule has 3 heterocycles. The molecule has 1 N–H and O–H groups in total. The van der Waals surface area contributed by atoms with E-state index in [0.717, 1.165) is 22.4 Å². The van der Waals surface area contributed by atoms with Gasteiger partial charge in [0.1, 0.15) is 17.9 Å². The van der Waals surface area contributed by atoms with E-state index >= 15 is 0 Å². The summed E-state index contributed by atoms with van der Waals surface area (Å²) in [4.78, 5) is 18.3. The first-order valence-corrected chi connectivity index (χ1v) is 8.03. The number of nitrogens with zero attached hydrogens (tertiary/aromatic N) is 2. The van der Waals surface area contributed by atoms with E-state index in [1.165, 1.54) is 38.8 Å². The first-order chi connectivity index (χ1) is 9.72. The highest BCUT2D eigenvalue weighted by molar-refractivity contribution is 9.10. The normalized spacial score (nSPS) is 17.2. The molecule has 0 bridgehead atoms. The number of fused-ring (bicyclic) bond motifs is 1. The van der Waals surface area contributed by atoms with E-state index in [4.69, 9.17) is 0 Å². The Hall–Kier alpha value is -1.20. The molecule has 1 aliphatic rings. The van der Waals surface area contributed by atoms with Crippen LogP contribution in [-0.2, 0) is 6.54 Å². The summed E-state index contributed by atoms with van der Waals surface area (Å²) in [5.74, 6) is 0. The lowest BCUT2D eigenvalue weighted by Gasteiger charge is -2.16. The molecule has 1 fully saturated rings. The van der Waals surface area contributed by atoms with Gasteiger partial charge in [0.05, 0.1) is 13.1 Å². The fourth-order valence-corrected chi connectivity index (χ4v) is 3.22. The van der Waals surface area contributed by atoms with E-state index in [1.54, 1.807) is 21.6 Å². The molecule has 0 aliphatic carbocycles. The lowest BCUT2D eigenvalue weighted by molar-refractivity contribution is -0.913. The Morgan fingerprint density at radius 1 is 1.20 bits per heavy atom. The fraction of sp³-hybridized carbons (Fsp3) is 0.467. The molecule has 20 heavy (non-hydrogen) atoms. The number of likely N-dealkylation sites (tertiary alicyclic amines) is 1. The van der Waals surface area contributed by atoms with Gasteiger partial charge in [-0.3, -0.25) is 9.20 Å². The maximum absolute atomic E-state index is 12.2. The second-order valence-electron chi connectivity index (χ2n) is 5.50. The summed E-state index contributed by atoms with van der Waals surface area (Å²) in [5.41, 5.74) is 1.64. The second-order valence-corrected chi connectivity index (χ2v) is 6.42. The molecule has 0 spiro atoms. The van der Waals surface area contributed by atoms with Crippen molar-refractivity contribution < 1.29 is 4.90 Å². The maximum Gasteiger partial charge on any atom is 0.258 e. The lowest BCUT2D eigenvalue weighted by atomic mass is 10.2. The van der Waals surface area contributed by atoms with Crippen LogP contribution in [0.15, 0.2) is 33.7 Å². The van der Waals surface area contributed by atoms with Crippen LogP contribution in [0.3, 0.4) is 0 Å². The molecule has 0 saturated carbocycles. The van der Waals surface area contributed by atoms with Gasteiger partial charge in [0, 0.05) is 16.7 Å². The van der Waals surface area contributed by atoms with Crippen LogP contribution >= 0.6 is 15.9 Å². The van der Waals surface area contributed by atoms with Crippen LogP contribution < -0.4 is 10.5 Å². The molecule has 4 nitrogen and oxygen atoms in total. The van der Waals surface area contributed by atoms with Crippen LogP contribution in [0, 0.1) is 0 Å². The SMILES string of the molecule is O=c1cc(C[NH+]2CCCCCC2)nc2ccc(Br)cn12. The fourth-order valence-electron chi connectivity index (χ4n) is 2.88. The molecular weight excluding hydrogens is 318 g/mol. The van der Waals surface area contributed by atoms with Crippen LogP contribution in [0.1, 0.15) is 31.4 Å². The highest BCUT2D eigenvalue weighted by Gasteiger charge is 2.14. The molecule has 1 saturated heterocycles. The van der Waals surface area contributed by atoms with E-state index < -0.39 is 0 Å². The zero-order chi connectivity index (χ0) is 13.9. The molecular formula is C15H19BrN3O+. The van der Waals surface area contributed by atoms with Crippen LogP contribution in [0.4, 0.5) is 0 Å². The van der Waals surface area contributed by atoms with Gasteiger partial charge in [-0.2, -0.15) is 0 Å². The van der Waals surface area contributed by atoms with Crippen molar-refractivity contribution in [1.82, 2.24) is 9.38 Å². The first kappa shape index (κ1) is 13.8. The highest BCUT2D eigenvalue weighted by atomic mass is 79.9. The average molecular weight is 337 g/mol. The van der Waals surface area contributed by atoms with Crippen molar-refractivity contribution in [2.24, 2.45) is 0 Å². The van der Waals surface area contributed by atoms with Crippen molar-refractivity contribution in [2.45, 2.75) is 32.2 Å². The first-order valence-electron chi connectivity index (χ1n) is 7.24. The Bertz CT molecular complexity index is 660. The van der Waals surface area contributed by atoms with Gasteiger partial charge in [-0.1, -0.05) is 0 Å². The number of aromatic nitrogens is 2. The van der Waals surface area contributed by atoms with Crippen molar-refractivity contribution in [3.8, 4) is 0 Å². The summed E-state index contributed by atoms with van der Waals surface area (Å²) < 4.78 is 2.48. The highest BCUT2D eigenvalue weighted by Crippen LogP contribution is 2.09. The Morgan fingerprint density at radius 3 is 2.70 bits per heavy atom. The van der Waals surface area contributed by atoms with Crippen LogP contribution in [0.5, 0.6) is 0 Å². The van der Waals surface area contributed by atoms with E-state index in [2.05, 4.69) is 20.9 Å². The zero-order valence-corrected chi connectivity index (χ0v) is 13.0. The van der Waals surface area contributed by atoms with Crippen LogP contribution in [-0.4, -0.2) is 22.5 Å². The summed E-state index contributed by atoms with van der Waals surface area (Å²) in [7, 11) is 0. The number of rotatable bonds is 2. The van der Waals surface area contributed by atoms with E-state index in [1.807, 2.05) is 12.1 Å². The molecule has 0 radical (unpaired) electrons. The molecule has 2 aromatic heterocycles. The van der Waals surface area contributed by atoms with Crippen molar-refractivity contribution in [2.75, 3.05) is 13.1 Å². The molecule has 1 aliphatic heterocycles. The Labute approximate surface area is 126 Å². The van der Waals surface area contributed by atoms with E-state index in [0.29, 0.717) is 0 Å². The van der Waals surface area contributed by atoms with Crippen LogP contribution in [0.2, 0.25) is 0 Å². The number of pyridine rings is 1. The summed E-state index contributed by atoms with van der Waals surface area (Å²) in [6.45, 7) is 3.25. The van der Waals surface area contributed by atoms with Gasteiger partial charge < -0.3 is 4.90 Å². The molecule has 106 valence electrons. The van der Waals surface area contributed by atoms with E-state index in [9.17, 15) is 4.79 Å². The predicted molar refractivity (Wildman–Crippen MR) is 82.0 cm³/mol. The Balaban J connectivity index is 1.88. The minimum absolute atomic E-state index is 0.000483. The molecule has 0 aromatic carbocycles. The van der Waals surface area contributed by atoms with Gasteiger partial charge in [0.2, 0.25) is 0 Å². The molecule has 0 amide bonds. The summed E-state index contributed by atoms with van der Waals surface area (Å²) in [5, 5.41) is 0. The third kappa shape index (κ3) is 3.10. The second kappa shape index (κ2) is 6.06. The third-order valence-electron chi connectivity index (χ3n) is 3.92. The van der Waals surface area contributed by atoms with Gasteiger partial charge in [-0.15, -0.1) is 0 Å². The Kier molecular flexibility index (Phi) is 4.17.